The molecule has 2 aliphatic rings. The third-order valence-corrected chi connectivity index (χ3v) is 5.26. The van der Waals surface area contributed by atoms with Crippen LogP contribution in [-0.2, 0) is 6.54 Å². The number of nitrogens with zero attached hydrogens (tertiary/aromatic N) is 3. The molecular weight excluding hydrogens is 334 g/mol. The predicted molar refractivity (Wildman–Crippen MR) is 91.7 cm³/mol. The highest BCUT2D eigenvalue weighted by Crippen LogP contribution is 2.35. The van der Waals surface area contributed by atoms with Crippen molar-refractivity contribution in [3.63, 3.8) is 0 Å². The van der Waals surface area contributed by atoms with Crippen LogP contribution in [0.2, 0.25) is 0 Å². The van der Waals surface area contributed by atoms with Crippen molar-refractivity contribution in [1.29, 1.82) is 0 Å². The molecule has 0 aromatic carbocycles. The van der Waals surface area contributed by atoms with E-state index in [1.807, 2.05) is 15.5 Å². The lowest BCUT2D eigenvalue weighted by Gasteiger charge is -2.42. The Morgan fingerprint density at radius 1 is 1.12 bits per heavy atom. The van der Waals surface area contributed by atoms with E-state index in [9.17, 15) is 9.59 Å². The first-order valence-corrected chi connectivity index (χ1v) is 8.68. The monoisotopic (exact) mass is 351 g/mol. The van der Waals surface area contributed by atoms with Crippen LogP contribution in [-0.4, -0.2) is 33.6 Å². The average molecular weight is 351 g/mol. The van der Waals surface area contributed by atoms with E-state index in [1.165, 1.54) is 0 Å². The Labute approximate surface area is 148 Å². The van der Waals surface area contributed by atoms with Gasteiger partial charge in [-0.05, 0) is 30.5 Å². The molecule has 0 radical (unpaired) electrons. The van der Waals surface area contributed by atoms with E-state index >= 15 is 0 Å². The lowest BCUT2D eigenvalue weighted by atomic mass is 9.83. The van der Waals surface area contributed by atoms with Crippen LogP contribution < -0.4 is 5.56 Å². The normalized spacial score (nSPS) is 21.5. The first-order chi connectivity index (χ1) is 12.7. The molecule has 0 N–H and O–H groups in total. The molecule has 5 heterocycles. The highest BCUT2D eigenvalue weighted by atomic mass is 16.5. The number of fused-ring (bicyclic) bond motifs is 4. The van der Waals surface area contributed by atoms with Gasteiger partial charge in [0.2, 0.25) is 5.76 Å². The summed E-state index contributed by atoms with van der Waals surface area (Å²) < 4.78 is 12.4. The second-order valence-corrected chi connectivity index (χ2v) is 6.96. The molecule has 1 amide bonds. The minimum Gasteiger partial charge on any atom is -0.461 e. The van der Waals surface area contributed by atoms with Gasteiger partial charge in [0.1, 0.15) is 0 Å². The van der Waals surface area contributed by atoms with Gasteiger partial charge in [-0.2, -0.15) is 0 Å². The Morgan fingerprint density at radius 2 is 2.04 bits per heavy atom. The fourth-order valence-electron chi connectivity index (χ4n) is 4.14. The molecule has 1 saturated heterocycles. The maximum atomic E-state index is 12.9. The summed E-state index contributed by atoms with van der Waals surface area (Å²) in [6, 6.07) is 10.5. The molecule has 0 aliphatic carbocycles. The van der Waals surface area contributed by atoms with Gasteiger partial charge in [-0.1, -0.05) is 11.2 Å². The number of hydrogen-bond donors (Lipinski definition) is 0. The topological polar surface area (TPSA) is 81.5 Å². The van der Waals surface area contributed by atoms with Gasteiger partial charge in [-0.3, -0.25) is 9.59 Å². The van der Waals surface area contributed by atoms with E-state index in [4.69, 9.17) is 8.94 Å². The number of furan rings is 1. The summed E-state index contributed by atoms with van der Waals surface area (Å²) in [5.41, 5.74) is 1.33. The zero-order valence-corrected chi connectivity index (χ0v) is 14.0. The zero-order chi connectivity index (χ0) is 17.7. The lowest BCUT2D eigenvalue weighted by molar-refractivity contribution is 0.0584. The van der Waals surface area contributed by atoms with Gasteiger partial charge in [0, 0.05) is 43.4 Å². The van der Waals surface area contributed by atoms with Crippen molar-refractivity contribution in [2.75, 3.05) is 13.1 Å². The molecular formula is C19H17N3O4. The molecule has 5 rings (SSSR count). The van der Waals surface area contributed by atoms with Crippen LogP contribution in [0.1, 0.15) is 28.5 Å². The van der Waals surface area contributed by atoms with Crippen LogP contribution in [0, 0.1) is 5.92 Å². The van der Waals surface area contributed by atoms with E-state index in [1.54, 1.807) is 36.6 Å². The number of carbonyl (C=O) groups excluding carboxylic acids is 1. The van der Waals surface area contributed by atoms with Crippen LogP contribution in [0.4, 0.5) is 0 Å². The molecule has 2 bridgehead atoms. The zero-order valence-electron chi connectivity index (χ0n) is 14.0. The third-order valence-electron chi connectivity index (χ3n) is 5.26. The molecule has 7 heteroatoms. The minimum absolute atomic E-state index is 0.0385. The van der Waals surface area contributed by atoms with Crippen molar-refractivity contribution in [3.8, 4) is 11.5 Å². The van der Waals surface area contributed by atoms with Crippen molar-refractivity contribution in [2.45, 2.75) is 18.9 Å². The summed E-state index contributed by atoms with van der Waals surface area (Å²) in [5.74, 6) is 1.29. The maximum Gasteiger partial charge on any atom is 0.276 e. The average Bonchev–Trinajstić information content (AvgIpc) is 3.33. The number of likely N-dealkylation sites (tertiary alicyclic amines) is 1. The number of aromatic nitrogens is 2. The lowest BCUT2D eigenvalue weighted by Crippen LogP contribution is -2.49. The molecule has 26 heavy (non-hydrogen) atoms. The summed E-state index contributed by atoms with van der Waals surface area (Å²) in [6.07, 6.45) is 2.55. The molecule has 2 atom stereocenters. The van der Waals surface area contributed by atoms with Crippen molar-refractivity contribution in [3.05, 3.63) is 64.4 Å². The van der Waals surface area contributed by atoms with E-state index in [-0.39, 0.29) is 29.0 Å². The number of piperidine rings is 1. The van der Waals surface area contributed by atoms with Crippen molar-refractivity contribution in [1.82, 2.24) is 14.6 Å². The summed E-state index contributed by atoms with van der Waals surface area (Å²) in [4.78, 5) is 26.8. The van der Waals surface area contributed by atoms with E-state index in [0.29, 0.717) is 31.2 Å². The Morgan fingerprint density at radius 3 is 2.88 bits per heavy atom. The summed E-state index contributed by atoms with van der Waals surface area (Å²) in [5, 5.41) is 3.92. The molecule has 3 aromatic heterocycles. The SMILES string of the molecule is O=C(c1cc(-c2ccco2)on1)N1C[C@H]2C[C@H](C1)c1cccc(=O)n1C2. The van der Waals surface area contributed by atoms with Crippen molar-refractivity contribution in [2.24, 2.45) is 5.92 Å². The second-order valence-electron chi connectivity index (χ2n) is 6.96. The highest BCUT2D eigenvalue weighted by molar-refractivity contribution is 5.93. The van der Waals surface area contributed by atoms with Gasteiger partial charge in [-0.15, -0.1) is 0 Å². The van der Waals surface area contributed by atoms with Gasteiger partial charge in [-0.25, -0.2) is 0 Å². The van der Waals surface area contributed by atoms with Crippen molar-refractivity contribution < 1.29 is 13.7 Å². The molecule has 0 unspecified atom stereocenters. The van der Waals surface area contributed by atoms with E-state index < -0.39 is 0 Å². The maximum absolute atomic E-state index is 12.9. The largest absolute Gasteiger partial charge is 0.461 e. The fourth-order valence-corrected chi connectivity index (χ4v) is 4.14. The second kappa shape index (κ2) is 5.72. The van der Waals surface area contributed by atoms with E-state index in [2.05, 4.69) is 5.16 Å². The molecule has 3 aromatic rings. The summed E-state index contributed by atoms with van der Waals surface area (Å²) in [6.45, 7) is 1.87. The first kappa shape index (κ1) is 15.2. The minimum atomic E-state index is -0.145. The van der Waals surface area contributed by atoms with Gasteiger partial charge >= 0.3 is 0 Å². The number of rotatable bonds is 2. The quantitative estimate of drug-likeness (QED) is 0.708. The predicted octanol–water partition coefficient (Wildman–Crippen LogP) is 2.36. The van der Waals surface area contributed by atoms with Gasteiger partial charge in [0.05, 0.1) is 6.26 Å². The Balaban J connectivity index is 1.41. The van der Waals surface area contributed by atoms with Gasteiger partial charge in [0.25, 0.3) is 11.5 Å². The van der Waals surface area contributed by atoms with Crippen LogP contribution in [0.15, 0.2) is 56.4 Å². The number of carbonyl (C=O) groups is 1. The van der Waals surface area contributed by atoms with Crippen molar-refractivity contribution >= 4 is 5.91 Å². The standard InChI is InChI=1S/C19H17N3O4/c23-18-5-1-3-15-13-7-12(10-22(15)18)9-21(11-13)19(24)14-8-17(26-20-14)16-4-2-6-25-16/h1-6,8,12-13H,7,9-11H2/t12-,13-/m1/s1. The Kier molecular flexibility index (Phi) is 3.34. The number of hydrogen-bond acceptors (Lipinski definition) is 5. The first-order valence-electron chi connectivity index (χ1n) is 8.68. The summed E-state index contributed by atoms with van der Waals surface area (Å²) >= 11 is 0. The summed E-state index contributed by atoms with van der Waals surface area (Å²) in [7, 11) is 0. The smallest absolute Gasteiger partial charge is 0.276 e. The molecule has 0 saturated carbocycles. The van der Waals surface area contributed by atoms with Gasteiger partial charge in [0.15, 0.2) is 11.5 Å². The Bertz CT molecular complexity index is 1020. The van der Waals surface area contributed by atoms with E-state index in [0.717, 1.165) is 12.1 Å². The van der Waals surface area contributed by atoms with Crippen LogP contribution in [0.5, 0.6) is 0 Å². The molecule has 132 valence electrons. The molecule has 1 fully saturated rings. The molecule has 7 nitrogen and oxygen atoms in total. The van der Waals surface area contributed by atoms with Gasteiger partial charge < -0.3 is 18.4 Å². The fraction of sp³-hybridized carbons (Fsp3) is 0.316. The Hall–Kier alpha value is -3.09. The highest BCUT2D eigenvalue weighted by Gasteiger charge is 2.37. The number of pyridine rings is 1. The molecule has 0 spiro atoms. The van der Waals surface area contributed by atoms with Crippen LogP contribution >= 0.6 is 0 Å². The molecule has 2 aliphatic heterocycles. The number of amides is 1. The van der Waals surface area contributed by atoms with Crippen LogP contribution in [0.3, 0.4) is 0 Å². The van der Waals surface area contributed by atoms with Crippen LogP contribution in [0.25, 0.3) is 11.5 Å². The third kappa shape index (κ3) is 2.39.